The number of aromatic nitrogens is 5. The third-order valence-corrected chi connectivity index (χ3v) is 14.1. The van der Waals surface area contributed by atoms with Gasteiger partial charge in [-0.2, -0.15) is 0 Å². The Labute approximate surface area is 394 Å². The lowest BCUT2D eigenvalue weighted by Gasteiger charge is -2.14. The Balaban J connectivity index is 1.01. The summed E-state index contributed by atoms with van der Waals surface area (Å²) in [5.74, 6) is 1.70. The molecule has 15 aromatic rings. The van der Waals surface area contributed by atoms with E-state index in [9.17, 15) is 0 Å². The normalized spacial score (nSPS) is 12.1. The van der Waals surface area contributed by atoms with Crippen molar-refractivity contribution in [3.8, 4) is 45.5 Å². The summed E-state index contributed by atoms with van der Waals surface area (Å²) < 4.78 is 12.0. The highest BCUT2D eigenvalue weighted by Crippen LogP contribution is 2.45. The van der Waals surface area contributed by atoms with Crippen molar-refractivity contribution in [1.82, 2.24) is 24.1 Å². The fraction of sp³-hybridized carbons (Fsp3) is 0. The molecule has 0 fully saturated rings. The molecule has 0 aliphatic carbocycles. The molecule has 0 spiro atoms. The standard InChI is InChI=1S/C63H37N5O/c1-3-18-39(19-4-1)61-64-62(50-30-15-28-46-44-25-13-14-32-54(44)67(58(46)50)42-22-5-2-6-23-42)66-63(65-61)51-31-16-29-49-53-37-56(45-26-11-12-27-48(45)60(53)69-59(49)51)68-55-36-41-21-8-7-20-40(41)35-52(55)47-34-33-38-17-9-10-24-43(38)57(47)68/h1-37H. The first kappa shape index (κ1) is 37.8. The largest absolute Gasteiger partial charge is 0.455 e. The molecule has 0 aliphatic heterocycles. The molecule has 11 aromatic carbocycles. The van der Waals surface area contributed by atoms with Gasteiger partial charge in [-0.05, 0) is 64.7 Å². The zero-order valence-electron chi connectivity index (χ0n) is 37.0. The summed E-state index contributed by atoms with van der Waals surface area (Å²) >= 11 is 0. The quantitative estimate of drug-likeness (QED) is 0.173. The van der Waals surface area contributed by atoms with E-state index in [1.165, 1.54) is 37.8 Å². The van der Waals surface area contributed by atoms with Crippen molar-refractivity contribution in [2.75, 3.05) is 0 Å². The Morgan fingerprint density at radius 3 is 1.70 bits per heavy atom. The predicted octanol–water partition coefficient (Wildman–Crippen LogP) is 16.4. The van der Waals surface area contributed by atoms with E-state index < -0.39 is 0 Å². The molecule has 0 unspecified atom stereocenters. The van der Waals surface area contributed by atoms with Gasteiger partial charge < -0.3 is 13.6 Å². The van der Waals surface area contributed by atoms with E-state index >= 15 is 0 Å². The van der Waals surface area contributed by atoms with Gasteiger partial charge in [-0.25, -0.2) is 15.0 Å². The van der Waals surface area contributed by atoms with Gasteiger partial charge in [0.1, 0.15) is 11.2 Å². The smallest absolute Gasteiger partial charge is 0.167 e. The van der Waals surface area contributed by atoms with Crippen LogP contribution in [-0.2, 0) is 0 Å². The van der Waals surface area contributed by atoms with E-state index in [1.54, 1.807) is 0 Å². The lowest BCUT2D eigenvalue weighted by atomic mass is 10.0. The molecule has 0 atom stereocenters. The number of fused-ring (bicyclic) bond motifs is 14. The van der Waals surface area contributed by atoms with Crippen molar-refractivity contribution in [3.05, 3.63) is 224 Å². The third kappa shape index (κ3) is 5.57. The molecule has 6 nitrogen and oxygen atoms in total. The van der Waals surface area contributed by atoms with Crippen LogP contribution in [0.3, 0.4) is 0 Å². The summed E-state index contributed by atoms with van der Waals surface area (Å²) in [4.78, 5) is 16.0. The molecule has 0 radical (unpaired) electrons. The Morgan fingerprint density at radius 1 is 0.304 bits per heavy atom. The minimum atomic E-state index is 0.535. The molecule has 69 heavy (non-hydrogen) atoms. The summed E-state index contributed by atoms with van der Waals surface area (Å²) in [5.41, 5.74) is 10.8. The highest BCUT2D eigenvalue weighted by atomic mass is 16.3. The van der Waals surface area contributed by atoms with E-state index in [4.69, 9.17) is 19.4 Å². The number of hydrogen-bond acceptors (Lipinski definition) is 4. The van der Waals surface area contributed by atoms with Gasteiger partial charge in [-0.3, -0.25) is 0 Å². The fourth-order valence-electron chi connectivity index (χ4n) is 11.1. The molecule has 320 valence electrons. The van der Waals surface area contributed by atoms with Crippen molar-refractivity contribution >= 4 is 97.9 Å². The lowest BCUT2D eigenvalue weighted by Crippen LogP contribution is -2.02. The third-order valence-electron chi connectivity index (χ3n) is 14.1. The molecule has 0 N–H and O–H groups in total. The molecular weight excluding hydrogens is 843 g/mol. The molecule has 4 aromatic heterocycles. The van der Waals surface area contributed by atoms with Crippen LogP contribution < -0.4 is 0 Å². The van der Waals surface area contributed by atoms with Gasteiger partial charge in [0, 0.05) is 65.3 Å². The highest BCUT2D eigenvalue weighted by Gasteiger charge is 2.24. The zero-order chi connectivity index (χ0) is 45.2. The zero-order valence-corrected chi connectivity index (χ0v) is 37.0. The summed E-state index contributed by atoms with van der Waals surface area (Å²) in [6.45, 7) is 0. The average molecular weight is 880 g/mol. The molecule has 4 heterocycles. The molecular formula is C63H37N5O. The number of nitrogens with zero attached hydrogens (tertiary/aromatic N) is 5. The molecule has 0 amide bonds. The summed E-state index contributed by atoms with van der Waals surface area (Å²) in [6.07, 6.45) is 0. The minimum absolute atomic E-state index is 0.535. The second kappa shape index (κ2) is 14.6. The van der Waals surface area contributed by atoms with Gasteiger partial charge in [0.2, 0.25) is 0 Å². The van der Waals surface area contributed by atoms with E-state index in [2.05, 4.69) is 215 Å². The Bertz CT molecular complexity index is 4600. The van der Waals surface area contributed by atoms with Crippen LogP contribution in [0.25, 0.3) is 143 Å². The van der Waals surface area contributed by atoms with Crippen LogP contribution in [0.5, 0.6) is 0 Å². The van der Waals surface area contributed by atoms with Crippen LogP contribution in [0, 0.1) is 0 Å². The highest BCUT2D eigenvalue weighted by molar-refractivity contribution is 6.24. The van der Waals surface area contributed by atoms with Crippen LogP contribution in [0.15, 0.2) is 229 Å². The van der Waals surface area contributed by atoms with Crippen molar-refractivity contribution < 1.29 is 4.42 Å². The average Bonchev–Trinajstić information content (AvgIpc) is 4.08. The van der Waals surface area contributed by atoms with Crippen molar-refractivity contribution in [2.45, 2.75) is 0 Å². The molecule has 0 saturated carbocycles. The summed E-state index contributed by atoms with van der Waals surface area (Å²) in [5, 5.41) is 13.7. The molecule has 6 heteroatoms. The number of benzene rings is 11. The van der Waals surface area contributed by atoms with Gasteiger partial charge in [-0.1, -0.05) is 176 Å². The topological polar surface area (TPSA) is 61.7 Å². The number of para-hydroxylation sites is 4. The Kier molecular flexibility index (Phi) is 7.97. The molecule has 15 rings (SSSR count). The SMILES string of the molecule is c1ccc(-c2nc(-c3cccc4c3oc3c5ccccc5c(-n5c6cc7ccccc7cc6c6ccc7ccccc7c65)cc43)nc(-c3cccc4c5ccccc5n(-c5ccccc5)c34)n2)cc1. The monoisotopic (exact) mass is 879 g/mol. The van der Waals surface area contributed by atoms with Crippen LogP contribution in [0.4, 0.5) is 0 Å². The maximum absolute atomic E-state index is 7.19. The minimum Gasteiger partial charge on any atom is -0.455 e. The molecule has 0 aliphatic rings. The van der Waals surface area contributed by atoms with Crippen LogP contribution in [0.1, 0.15) is 0 Å². The molecule has 0 bridgehead atoms. The van der Waals surface area contributed by atoms with Crippen molar-refractivity contribution in [3.63, 3.8) is 0 Å². The van der Waals surface area contributed by atoms with Gasteiger partial charge >= 0.3 is 0 Å². The number of hydrogen-bond donors (Lipinski definition) is 0. The van der Waals surface area contributed by atoms with Crippen molar-refractivity contribution in [2.24, 2.45) is 0 Å². The predicted molar refractivity (Wildman–Crippen MR) is 285 cm³/mol. The van der Waals surface area contributed by atoms with Gasteiger partial charge in [0.05, 0.1) is 33.3 Å². The first-order valence-corrected chi connectivity index (χ1v) is 23.4. The summed E-state index contributed by atoms with van der Waals surface area (Å²) in [7, 11) is 0. The van der Waals surface area contributed by atoms with Crippen LogP contribution in [-0.4, -0.2) is 24.1 Å². The van der Waals surface area contributed by atoms with Gasteiger partial charge in [0.25, 0.3) is 0 Å². The maximum Gasteiger partial charge on any atom is 0.167 e. The van der Waals surface area contributed by atoms with Crippen molar-refractivity contribution in [1.29, 1.82) is 0 Å². The first-order valence-electron chi connectivity index (χ1n) is 23.4. The fourth-order valence-corrected chi connectivity index (χ4v) is 11.1. The second-order valence-corrected chi connectivity index (χ2v) is 17.9. The van der Waals surface area contributed by atoms with E-state index in [0.717, 1.165) is 88.1 Å². The number of furan rings is 1. The lowest BCUT2D eigenvalue weighted by molar-refractivity contribution is 0.673. The van der Waals surface area contributed by atoms with Gasteiger partial charge in [0.15, 0.2) is 17.5 Å². The first-order chi connectivity index (χ1) is 34.2. The Hall–Kier alpha value is -9.39. The van der Waals surface area contributed by atoms with E-state index in [-0.39, 0.29) is 0 Å². The molecule has 0 saturated heterocycles. The summed E-state index contributed by atoms with van der Waals surface area (Å²) in [6, 6.07) is 79.7. The number of rotatable bonds is 5. The van der Waals surface area contributed by atoms with E-state index in [1.807, 2.05) is 18.2 Å². The van der Waals surface area contributed by atoms with Crippen LogP contribution >= 0.6 is 0 Å². The van der Waals surface area contributed by atoms with E-state index in [0.29, 0.717) is 17.5 Å². The van der Waals surface area contributed by atoms with Gasteiger partial charge in [-0.15, -0.1) is 0 Å². The van der Waals surface area contributed by atoms with Crippen LogP contribution in [0.2, 0.25) is 0 Å². The Morgan fingerprint density at radius 2 is 0.884 bits per heavy atom. The maximum atomic E-state index is 7.19. The second-order valence-electron chi connectivity index (χ2n) is 17.9.